The molecule has 0 bridgehead atoms. The first-order valence-electron chi connectivity index (χ1n) is 7.78. The zero-order chi connectivity index (χ0) is 18.4. The molecule has 0 spiro atoms. The summed E-state index contributed by atoms with van der Waals surface area (Å²) < 4.78 is 0. The van der Waals surface area contributed by atoms with E-state index in [1.165, 1.54) is 18.3 Å². The van der Waals surface area contributed by atoms with Gasteiger partial charge in [0.05, 0.1) is 11.1 Å². The average Bonchev–Trinajstić information content (AvgIpc) is 2.57. The van der Waals surface area contributed by atoms with Crippen molar-refractivity contribution in [2.45, 2.75) is 26.8 Å². The van der Waals surface area contributed by atoms with Gasteiger partial charge in [-0.3, -0.25) is 14.9 Å². The van der Waals surface area contributed by atoms with Gasteiger partial charge < -0.3 is 5.32 Å². The van der Waals surface area contributed by atoms with E-state index in [1.54, 1.807) is 19.1 Å². The van der Waals surface area contributed by atoms with Crippen molar-refractivity contribution in [1.29, 1.82) is 0 Å². The molecular formula is C18H20N4O3. The van der Waals surface area contributed by atoms with Gasteiger partial charge in [0, 0.05) is 23.4 Å². The smallest absolute Gasteiger partial charge is 0.270 e. The minimum atomic E-state index is -0.483. The monoisotopic (exact) mass is 340 g/mol. The molecule has 0 aromatic heterocycles. The lowest BCUT2D eigenvalue weighted by Gasteiger charge is -2.15. The largest absolute Gasteiger partial charge is 0.374 e. The summed E-state index contributed by atoms with van der Waals surface area (Å²) in [6, 6.07) is 11.5. The number of carbonyl (C=O) groups is 1. The number of benzene rings is 2. The number of hydrogen-bond donors (Lipinski definition) is 2. The molecule has 0 saturated heterocycles. The number of non-ortho nitro benzene ring substituents is 1. The second-order valence-electron chi connectivity index (χ2n) is 5.77. The quantitative estimate of drug-likeness (QED) is 0.479. The first kappa shape index (κ1) is 18.1. The summed E-state index contributed by atoms with van der Waals surface area (Å²) in [7, 11) is 0. The van der Waals surface area contributed by atoms with Crippen LogP contribution in [0.2, 0.25) is 0 Å². The highest BCUT2D eigenvalue weighted by Crippen LogP contribution is 2.17. The standard InChI is InChI=1S/C18H20N4O3/c1-12-7-8-17(13(2)9-12)20-14(3)18(23)21-19-11-15-5-4-6-16(10-15)22(24)25/h4-11,14,20H,1-3H3,(H,21,23)/t14-/m1/s1. The van der Waals surface area contributed by atoms with Crippen LogP contribution in [0.15, 0.2) is 47.6 Å². The van der Waals surface area contributed by atoms with E-state index in [2.05, 4.69) is 15.8 Å². The maximum Gasteiger partial charge on any atom is 0.270 e. The number of nitro groups is 1. The van der Waals surface area contributed by atoms with E-state index in [9.17, 15) is 14.9 Å². The predicted octanol–water partition coefficient (Wildman–Crippen LogP) is 3.16. The molecule has 0 aliphatic heterocycles. The molecule has 2 aromatic carbocycles. The van der Waals surface area contributed by atoms with E-state index in [4.69, 9.17) is 0 Å². The number of nitrogens with one attached hydrogen (secondary N) is 2. The van der Waals surface area contributed by atoms with Gasteiger partial charge in [-0.2, -0.15) is 5.10 Å². The Balaban J connectivity index is 1.95. The molecule has 2 rings (SSSR count). The van der Waals surface area contributed by atoms with Gasteiger partial charge in [-0.1, -0.05) is 29.8 Å². The van der Waals surface area contributed by atoms with E-state index in [0.29, 0.717) is 5.56 Å². The number of hydrogen-bond acceptors (Lipinski definition) is 5. The second-order valence-corrected chi connectivity index (χ2v) is 5.77. The van der Waals surface area contributed by atoms with Crippen LogP contribution >= 0.6 is 0 Å². The van der Waals surface area contributed by atoms with Crippen LogP contribution < -0.4 is 10.7 Å². The third kappa shape index (κ3) is 5.13. The third-order valence-electron chi connectivity index (χ3n) is 3.62. The molecule has 2 aromatic rings. The van der Waals surface area contributed by atoms with Gasteiger partial charge >= 0.3 is 0 Å². The van der Waals surface area contributed by atoms with Crippen LogP contribution in [-0.2, 0) is 4.79 Å². The normalized spacial score (nSPS) is 12.0. The van der Waals surface area contributed by atoms with Crippen molar-refractivity contribution in [1.82, 2.24) is 5.43 Å². The highest BCUT2D eigenvalue weighted by molar-refractivity contribution is 5.86. The third-order valence-corrected chi connectivity index (χ3v) is 3.62. The lowest BCUT2D eigenvalue weighted by molar-refractivity contribution is -0.384. The van der Waals surface area contributed by atoms with Crippen molar-refractivity contribution in [2.75, 3.05) is 5.32 Å². The molecule has 1 amide bonds. The summed E-state index contributed by atoms with van der Waals surface area (Å²) in [5, 5.41) is 17.7. The van der Waals surface area contributed by atoms with Gasteiger partial charge in [0.25, 0.3) is 11.6 Å². The first-order chi connectivity index (χ1) is 11.9. The number of amides is 1. The molecule has 0 heterocycles. The van der Waals surface area contributed by atoms with Crippen LogP contribution in [0.25, 0.3) is 0 Å². The Hall–Kier alpha value is -3.22. The highest BCUT2D eigenvalue weighted by atomic mass is 16.6. The van der Waals surface area contributed by atoms with E-state index in [-0.39, 0.29) is 11.6 Å². The molecule has 0 fully saturated rings. The first-order valence-corrected chi connectivity index (χ1v) is 7.78. The average molecular weight is 340 g/mol. The van der Waals surface area contributed by atoms with Gasteiger partial charge in [-0.05, 0) is 32.4 Å². The molecule has 0 aliphatic rings. The molecule has 25 heavy (non-hydrogen) atoms. The molecule has 1 atom stereocenters. The Morgan fingerprint density at radius 3 is 2.68 bits per heavy atom. The van der Waals surface area contributed by atoms with Crippen LogP contribution in [0.5, 0.6) is 0 Å². The predicted molar refractivity (Wildman–Crippen MR) is 97.8 cm³/mol. The van der Waals surface area contributed by atoms with Crippen molar-refractivity contribution in [2.24, 2.45) is 5.10 Å². The van der Waals surface area contributed by atoms with E-state index in [1.807, 2.05) is 32.0 Å². The van der Waals surface area contributed by atoms with Gasteiger partial charge in [-0.15, -0.1) is 0 Å². The molecule has 130 valence electrons. The molecule has 0 radical (unpaired) electrons. The van der Waals surface area contributed by atoms with Gasteiger partial charge in [0.15, 0.2) is 0 Å². The fraction of sp³-hybridized carbons (Fsp3) is 0.222. The van der Waals surface area contributed by atoms with Crippen molar-refractivity contribution in [3.05, 3.63) is 69.3 Å². The van der Waals surface area contributed by atoms with Crippen molar-refractivity contribution < 1.29 is 9.72 Å². The van der Waals surface area contributed by atoms with Gasteiger partial charge in [-0.25, -0.2) is 5.43 Å². The Morgan fingerprint density at radius 1 is 1.24 bits per heavy atom. The molecule has 7 heteroatoms. The molecule has 2 N–H and O–H groups in total. The summed E-state index contributed by atoms with van der Waals surface area (Å²) in [6.07, 6.45) is 1.37. The van der Waals surface area contributed by atoms with E-state index >= 15 is 0 Å². The summed E-state index contributed by atoms with van der Waals surface area (Å²) >= 11 is 0. The van der Waals surface area contributed by atoms with Crippen LogP contribution in [0, 0.1) is 24.0 Å². The van der Waals surface area contributed by atoms with Crippen LogP contribution in [0.4, 0.5) is 11.4 Å². The summed E-state index contributed by atoms with van der Waals surface area (Å²) in [5.74, 6) is -0.304. The number of hydrazone groups is 1. The summed E-state index contributed by atoms with van der Waals surface area (Å²) in [5.41, 5.74) is 6.03. The topological polar surface area (TPSA) is 96.6 Å². The maximum absolute atomic E-state index is 12.1. The minimum absolute atomic E-state index is 0.0276. The lowest BCUT2D eigenvalue weighted by atomic mass is 10.1. The van der Waals surface area contributed by atoms with Crippen LogP contribution in [-0.4, -0.2) is 23.1 Å². The SMILES string of the molecule is Cc1ccc(N[C@H](C)C(=O)NN=Cc2cccc([N+](=O)[O-])c2)c(C)c1. The van der Waals surface area contributed by atoms with Gasteiger partial charge in [0.2, 0.25) is 0 Å². The molecule has 7 nitrogen and oxygen atoms in total. The van der Waals surface area contributed by atoms with Gasteiger partial charge in [0.1, 0.15) is 6.04 Å². The Labute approximate surface area is 145 Å². The zero-order valence-corrected chi connectivity index (χ0v) is 14.3. The molecule has 0 saturated carbocycles. The van der Waals surface area contributed by atoms with Crippen LogP contribution in [0.1, 0.15) is 23.6 Å². The number of anilines is 1. The molecular weight excluding hydrogens is 320 g/mol. The lowest BCUT2D eigenvalue weighted by Crippen LogP contribution is -2.35. The fourth-order valence-electron chi connectivity index (χ4n) is 2.26. The van der Waals surface area contributed by atoms with Crippen molar-refractivity contribution >= 4 is 23.5 Å². The van der Waals surface area contributed by atoms with E-state index in [0.717, 1.165) is 16.8 Å². The maximum atomic E-state index is 12.1. The highest BCUT2D eigenvalue weighted by Gasteiger charge is 2.12. The molecule has 0 aliphatic carbocycles. The summed E-state index contributed by atoms with van der Waals surface area (Å²) in [6.45, 7) is 5.72. The fourth-order valence-corrected chi connectivity index (χ4v) is 2.26. The molecule has 0 unspecified atom stereocenters. The number of rotatable bonds is 6. The minimum Gasteiger partial charge on any atom is -0.374 e. The number of carbonyl (C=O) groups excluding carboxylic acids is 1. The second kappa shape index (κ2) is 8.05. The Morgan fingerprint density at radius 2 is 2.00 bits per heavy atom. The Kier molecular flexibility index (Phi) is 5.84. The van der Waals surface area contributed by atoms with Crippen LogP contribution in [0.3, 0.4) is 0 Å². The van der Waals surface area contributed by atoms with E-state index < -0.39 is 11.0 Å². The van der Waals surface area contributed by atoms with Crippen molar-refractivity contribution in [3.8, 4) is 0 Å². The number of aryl methyl sites for hydroxylation is 2. The summed E-state index contributed by atoms with van der Waals surface area (Å²) in [4.78, 5) is 22.3. The number of nitro benzene ring substituents is 1. The zero-order valence-electron chi connectivity index (χ0n) is 14.3. The number of nitrogens with zero attached hydrogens (tertiary/aromatic N) is 2. The Bertz CT molecular complexity index is 818. The van der Waals surface area contributed by atoms with Crippen molar-refractivity contribution in [3.63, 3.8) is 0 Å².